The molecule has 0 aromatic carbocycles. The summed E-state index contributed by atoms with van der Waals surface area (Å²) in [5.74, 6) is 0.282. The fraction of sp³-hybridized carbons (Fsp3) is 0.667. The first kappa shape index (κ1) is 12.0. The Kier molecular flexibility index (Phi) is 4.01. The van der Waals surface area contributed by atoms with E-state index in [4.69, 9.17) is 5.73 Å². The summed E-state index contributed by atoms with van der Waals surface area (Å²) < 4.78 is 1.79. The number of aromatic nitrogens is 2. The van der Waals surface area contributed by atoms with E-state index in [2.05, 4.69) is 5.10 Å². The number of hydrogen-bond acceptors (Lipinski definition) is 3. The van der Waals surface area contributed by atoms with Crippen LogP contribution in [0.1, 0.15) is 32.1 Å². The first-order chi connectivity index (χ1) is 8.25. The molecule has 0 aliphatic carbocycles. The van der Waals surface area contributed by atoms with Crippen LogP contribution in [0.2, 0.25) is 0 Å². The minimum atomic E-state index is 0.282. The smallest absolute Gasteiger partial charge is 0.222 e. The number of anilines is 1. The van der Waals surface area contributed by atoms with Gasteiger partial charge in [0.15, 0.2) is 0 Å². The van der Waals surface area contributed by atoms with Crippen LogP contribution in [-0.4, -0.2) is 33.7 Å². The van der Waals surface area contributed by atoms with E-state index in [0.717, 1.165) is 32.5 Å². The maximum absolute atomic E-state index is 11.9. The highest BCUT2D eigenvalue weighted by atomic mass is 16.2. The maximum Gasteiger partial charge on any atom is 0.222 e. The SMILES string of the molecule is Nc1cnn(CCN2CCCCCCC2=O)c1. The lowest BCUT2D eigenvalue weighted by Crippen LogP contribution is -2.35. The number of carbonyl (C=O) groups excluding carboxylic acids is 1. The lowest BCUT2D eigenvalue weighted by atomic mass is 10.1. The number of likely N-dealkylation sites (tertiary alicyclic amines) is 1. The molecule has 0 atom stereocenters. The minimum absolute atomic E-state index is 0.282. The van der Waals surface area contributed by atoms with Gasteiger partial charge in [0.1, 0.15) is 0 Å². The summed E-state index contributed by atoms with van der Waals surface area (Å²) in [7, 11) is 0. The summed E-state index contributed by atoms with van der Waals surface area (Å²) in [6, 6.07) is 0. The molecule has 0 unspecified atom stereocenters. The van der Waals surface area contributed by atoms with Crippen molar-refractivity contribution in [2.75, 3.05) is 18.8 Å². The van der Waals surface area contributed by atoms with Crippen molar-refractivity contribution in [1.29, 1.82) is 0 Å². The highest BCUT2D eigenvalue weighted by molar-refractivity contribution is 5.76. The second-order valence-electron chi connectivity index (χ2n) is 4.58. The van der Waals surface area contributed by atoms with Crippen molar-refractivity contribution in [2.24, 2.45) is 0 Å². The lowest BCUT2D eigenvalue weighted by Gasteiger charge is -2.24. The summed E-state index contributed by atoms with van der Waals surface area (Å²) in [6.07, 6.45) is 8.70. The average Bonchev–Trinajstić information content (AvgIpc) is 2.69. The molecule has 0 bridgehead atoms. The van der Waals surface area contributed by atoms with Crippen LogP contribution < -0.4 is 5.73 Å². The fourth-order valence-corrected chi connectivity index (χ4v) is 2.18. The molecule has 17 heavy (non-hydrogen) atoms. The molecule has 5 nitrogen and oxygen atoms in total. The first-order valence-corrected chi connectivity index (χ1v) is 6.31. The Morgan fingerprint density at radius 1 is 1.24 bits per heavy atom. The molecule has 0 saturated carbocycles. The number of nitrogen functional groups attached to an aromatic ring is 1. The highest BCUT2D eigenvalue weighted by Crippen LogP contribution is 2.11. The molecular formula is C12H20N4O. The molecule has 1 aliphatic heterocycles. The maximum atomic E-state index is 11.9. The molecule has 0 spiro atoms. The monoisotopic (exact) mass is 236 g/mol. The Bertz CT molecular complexity index is 374. The van der Waals surface area contributed by atoms with Gasteiger partial charge in [0.05, 0.1) is 18.4 Å². The van der Waals surface area contributed by atoms with Crippen molar-refractivity contribution >= 4 is 11.6 Å². The van der Waals surface area contributed by atoms with Gasteiger partial charge in [0.25, 0.3) is 0 Å². The number of carbonyl (C=O) groups is 1. The molecule has 1 amide bonds. The van der Waals surface area contributed by atoms with Crippen LogP contribution in [0.4, 0.5) is 5.69 Å². The van der Waals surface area contributed by atoms with Crippen molar-refractivity contribution in [2.45, 2.75) is 38.6 Å². The quantitative estimate of drug-likeness (QED) is 0.859. The molecule has 94 valence electrons. The third kappa shape index (κ3) is 3.47. The van der Waals surface area contributed by atoms with Gasteiger partial charge in [0, 0.05) is 25.7 Å². The predicted octanol–water partition coefficient (Wildman–Crippen LogP) is 1.26. The Balaban J connectivity index is 1.85. The summed E-state index contributed by atoms with van der Waals surface area (Å²) >= 11 is 0. The van der Waals surface area contributed by atoms with E-state index in [0.29, 0.717) is 12.1 Å². The van der Waals surface area contributed by atoms with Crippen LogP contribution in [0.25, 0.3) is 0 Å². The van der Waals surface area contributed by atoms with E-state index in [9.17, 15) is 4.79 Å². The van der Waals surface area contributed by atoms with Gasteiger partial charge in [-0.3, -0.25) is 9.48 Å². The highest BCUT2D eigenvalue weighted by Gasteiger charge is 2.15. The Labute approximate surface area is 102 Å². The van der Waals surface area contributed by atoms with Crippen LogP contribution in [0.5, 0.6) is 0 Å². The third-order valence-electron chi connectivity index (χ3n) is 3.17. The molecular weight excluding hydrogens is 216 g/mol. The zero-order valence-electron chi connectivity index (χ0n) is 10.1. The van der Waals surface area contributed by atoms with Crippen molar-refractivity contribution in [1.82, 2.24) is 14.7 Å². The average molecular weight is 236 g/mol. The summed E-state index contributed by atoms with van der Waals surface area (Å²) in [5, 5.41) is 4.12. The molecule has 1 aliphatic rings. The van der Waals surface area contributed by atoms with E-state index in [1.165, 1.54) is 12.8 Å². The van der Waals surface area contributed by atoms with Crippen LogP contribution in [0.3, 0.4) is 0 Å². The van der Waals surface area contributed by atoms with E-state index in [1.54, 1.807) is 17.1 Å². The van der Waals surface area contributed by atoms with E-state index in [1.807, 2.05) is 4.90 Å². The van der Waals surface area contributed by atoms with Gasteiger partial charge in [0.2, 0.25) is 5.91 Å². The standard InChI is InChI=1S/C12H20N4O/c13-11-9-14-16(10-11)8-7-15-6-4-2-1-3-5-12(15)17/h9-10H,1-8,13H2. The molecule has 2 rings (SSSR count). The zero-order valence-corrected chi connectivity index (χ0v) is 10.1. The first-order valence-electron chi connectivity index (χ1n) is 6.31. The normalized spacial score (nSPS) is 17.9. The molecule has 1 fully saturated rings. The summed E-state index contributed by atoms with van der Waals surface area (Å²) in [4.78, 5) is 13.8. The summed E-state index contributed by atoms with van der Waals surface area (Å²) in [5.41, 5.74) is 6.27. The fourth-order valence-electron chi connectivity index (χ4n) is 2.18. The van der Waals surface area contributed by atoms with Gasteiger partial charge < -0.3 is 10.6 Å². The third-order valence-corrected chi connectivity index (χ3v) is 3.17. The molecule has 5 heteroatoms. The summed E-state index contributed by atoms with van der Waals surface area (Å²) in [6.45, 7) is 2.35. The van der Waals surface area contributed by atoms with E-state index >= 15 is 0 Å². The minimum Gasteiger partial charge on any atom is -0.396 e. The van der Waals surface area contributed by atoms with Crippen molar-refractivity contribution < 1.29 is 4.79 Å². The van der Waals surface area contributed by atoms with Crippen LogP contribution >= 0.6 is 0 Å². The molecule has 1 aromatic heterocycles. The molecule has 1 aromatic rings. The predicted molar refractivity (Wildman–Crippen MR) is 66.3 cm³/mol. The number of hydrogen-bond donors (Lipinski definition) is 1. The molecule has 2 heterocycles. The number of nitrogens with zero attached hydrogens (tertiary/aromatic N) is 3. The second kappa shape index (κ2) is 5.70. The number of nitrogens with two attached hydrogens (primary N) is 1. The Hall–Kier alpha value is -1.52. The zero-order chi connectivity index (χ0) is 12.1. The molecule has 0 radical (unpaired) electrons. The van der Waals surface area contributed by atoms with Gasteiger partial charge in [-0.2, -0.15) is 5.10 Å². The molecule has 1 saturated heterocycles. The van der Waals surface area contributed by atoms with Crippen LogP contribution in [0, 0.1) is 0 Å². The number of amides is 1. The second-order valence-corrected chi connectivity index (χ2v) is 4.58. The van der Waals surface area contributed by atoms with E-state index in [-0.39, 0.29) is 5.91 Å². The van der Waals surface area contributed by atoms with E-state index < -0.39 is 0 Å². The Morgan fingerprint density at radius 2 is 2.06 bits per heavy atom. The van der Waals surface area contributed by atoms with Crippen LogP contribution in [-0.2, 0) is 11.3 Å². The van der Waals surface area contributed by atoms with Crippen molar-refractivity contribution in [3.05, 3.63) is 12.4 Å². The lowest BCUT2D eigenvalue weighted by molar-refractivity contribution is -0.132. The van der Waals surface area contributed by atoms with Crippen molar-refractivity contribution in [3.63, 3.8) is 0 Å². The Morgan fingerprint density at radius 3 is 2.82 bits per heavy atom. The number of rotatable bonds is 3. The van der Waals surface area contributed by atoms with Crippen molar-refractivity contribution in [3.8, 4) is 0 Å². The topological polar surface area (TPSA) is 64.2 Å². The van der Waals surface area contributed by atoms with Gasteiger partial charge in [-0.1, -0.05) is 12.8 Å². The van der Waals surface area contributed by atoms with Crippen LogP contribution in [0.15, 0.2) is 12.4 Å². The molecule has 2 N–H and O–H groups in total. The van der Waals surface area contributed by atoms with Gasteiger partial charge in [-0.25, -0.2) is 0 Å². The van der Waals surface area contributed by atoms with Gasteiger partial charge in [-0.05, 0) is 12.8 Å². The largest absolute Gasteiger partial charge is 0.396 e. The van der Waals surface area contributed by atoms with Gasteiger partial charge >= 0.3 is 0 Å². The van der Waals surface area contributed by atoms with Gasteiger partial charge in [-0.15, -0.1) is 0 Å².